The summed E-state index contributed by atoms with van der Waals surface area (Å²) < 4.78 is 1.07. The first kappa shape index (κ1) is 16.1. The molecular formula is C19H16BrNOS. The summed E-state index contributed by atoms with van der Waals surface area (Å²) in [6, 6.07) is 16.1. The number of thiazole rings is 1. The van der Waals surface area contributed by atoms with Gasteiger partial charge >= 0.3 is 0 Å². The highest BCUT2D eigenvalue weighted by atomic mass is 79.9. The van der Waals surface area contributed by atoms with Crippen LogP contribution in [0.2, 0.25) is 0 Å². The zero-order chi connectivity index (χ0) is 16.2. The second kappa shape index (κ2) is 7.20. The van der Waals surface area contributed by atoms with Gasteiger partial charge in [0.2, 0.25) is 0 Å². The van der Waals surface area contributed by atoms with Crippen LogP contribution in [0.15, 0.2) is 58.4 Å². The van der Waals surface area contributed by atoms with Crippen molar-refractivity contribution in [1.82, 2.24) is 4.98 Å². The maximum atomic E-state index is 12.3. The first-order valence-electron chi connectivity index (χ1n) is 7.38. The van der Waals surface area contributed by atoms with E-state index in [1.54, 1.807) is 11.3 Å². The van der Waals surface area contributed by atoms with Crippen LogP contribution < -0.4 is 0 Å². The van der Waals surface area contributed by atoms with Gasteiger partial charge in [0.15, 0.2) is 0 Å². The highest BCUT2D eigenvalue weighted by Gasteiger charge is 2.10. The van der Waals surface area contributed by atoms with Crippen molar-refractivity contribution in [3.05, 3.63) is 74.5 Å². The molecule has 23 heavy (non-hydrogen) atoms. The van der Waals surface area contributed by atoms with Crippen LogP contribution in [0.5, 0.6) is 0 Å². The van der Waals surface area contributed by atoms with Crippen LogP contribution in [0.1, 0.15) is 16.1 Å². The molecular weight excluding hydrogens is 370 g/mol. The SMILES string of the molecule is Cc1cc(CC(=O)Cc2nc(-c3ccccc3)cs2)ccc1Br. The molecule has 0 bridgehead atoms. The van der Waals surface area contributed by atoms with Crippen LogP contribution in [-0.4, -0.2) is 10.8 Å². The van der Waals surface area contributed by atoms with Crippen molar-refractivity contribution >= 4 is 33.0 Å². The number of aryl methyl sites for hydroxylation is 1. The summed E-state index contributed by atoms with van der Waals surface area (Å²) in [5.74, 6) is 0.195. The number of Topliss-reactive ketones (excluding diaryl/α,β-unsaturated/α-hetero) is 1. The summed E-state index contributed by atoms with van der Waals surface area (Å²) >= 11 is 5.03. The Hall–Kier alpha value is -1.78. The summed E-state index contributed by atoms with van der Waals surface area (Å²) in [4.78, 5) is 16.9. The van der Waals surface area contributed by atoms with Gasteiger partial charge in [-0.25, -0.2) is 4.98 Å². The van der Waals surface area contributed by atoms with Gasteiger partial charge < -0.3 is 0 Å². The fourth-order valence-corrected chi connectivity index (χ4v) is 3.49. The van der Waals surface area contributed by atoms with Gasteiger partial charge in [-0.1, -0.05) is 58.4 Å². The molecule has 4 heteroatoms. The van der Waals surface area contributed by atoms with E-state index in [0.29, 0.717) is 12.8 Å². The number of halogens is 1. The Kier molecular flexibility index (Phi) is 5.03. The molecule has 0 saturated heterocycles. The van der Waals surface area contributed by atoms with Crippen molar-refractivity contribution in [2.24, 2.45) is 0 Å². The molecule has 0 radical (unpaired) electrons. The quantitative estimate of drug-likeness (QED) is 0.601. The normalized spacial score (nSPS) is 10.7. The number of carbonyl (C=O) groups excluding carboxylic acids is 1. The molecule has 116 valence electrons. The molecule has 0 aliphatic heterocycles. The summed E-state index contributed by atoms with van der Waals surface area (Å²) in [7, 11) is 0. The van der Waals surface area contributed by atoms with Gasteiger partial charge in [0, 0.05) is 21.8 Å². The van der Waals surface area contributed by atoms with E-state index in [4.69, 9.17) is 0 Å². The number of nitrogens with zero attached hydrogens (tertiary/aromatic N) is 1. The van der Waals surface area contributed by atoms with Crippen LogP contribution in [0.4, 0.5) is 0 Å². The maximum absolute atomic E-state index is 12.3. The smallest absolute Gasteiger partial charge is 0.144 e. The molecule has 0 amide bonds. The topological polar surface area (TPSA) is 30.0 Å². The summed E-state index contributed by atoms with van der Waals surface area (Å²) in [6.45, 7) is 2.03. The van der Waals surface area contributed by atoms with E-state index < -0.39 is 0 Å². The van der Waals surface area contributed by atoms with E-state index in [1.807, 2.05) is 54.8 Å². The van der Waals surface area contributed by atoms with Crippen molar-refractivity contribution in [3.63, 3.8) is 0 Å². The molecule has 3 rings (SSSR count). The van der Waals surface area contributed by atoms with Crippen molar-refractivity contribution in [2.75, 3.05) is 0 Å². The third kappa shape index (κ3) is 4.15. The number of aromatic nitrogens is 1. The Labute approximate surface area is 148 Å². The monoisotopic (exact) mass is 385 g/mol. The van der Waals surface area contributed by atoms with Crippen LogP contribution in [0.25, 0.3) is 11.3 Å². The summed E-state index contributed by atoms with van der Waals surface area (Å²) in [5.41, 5.74) is 4.23. The fourth-order valence-electron chi connectivity index (χ4n) is 2.41. The van der Waals surface area contributed by atoms with Crippen molar-refractivity contribution in [1.29, 1.82) is 0 Å². The molecule has 0 N–H and O–H groups in total. The standard InChI is InChI=1S/C19H16BrNOS/c1-13-9-14(7-8-17(13)20)10-16(22)11-19-21-18(12-23-19)15-5-3-2-4-6-15/h2-9,12H,10-11H2,1H3. The molecule has 2 nitrogen and oxygen atoms in total. The van der Waals surface area contributed by atoms with E-state index in [0.717, 1.165) is 31.9 Å². The van der Waals surface area contributed by atoms with Crippen molar-refractivity contribution in [2.45, 2.75) is 19.8 Å². The van der Waals surface area contributed by atoms with E-state index in [9.17, 15) is 4.79 Å². The summed E-state index contributed by atoms with van der Waals surface area (Å²) in [5, 5.41) is 2.89. The van der Waals surface area contributed by atoms with Crippen molar-refractivity contribution < 1.29 is 4.79 Å². The third-order valence-electron chi connectivity index (χ3n) is 3.59. The highest BCUT2D eigenvalue weighted by molar-refractivity contribution is 9.10. The molecule has 0 aliphatic carbocycles. The van der Waals surface area contributed by atoms with Crippen LogP contribution in [0.3, 0.4) is 0 Å². The molecule has 0 aliphatic rings. The van der Waals surface area contributed by atoms with Crippen LogP contribution in [0, 0.1) is 6.92 Å². The minimum absolute atomic E-state index is 0.195. The maximum Gasteiger partial charge on any atom is 0.144 e. The summed E-state index contributed by atoms with van der Waals surface area (Å²) in [6.07, 6.45) is 0.848. The van der Waals surface area contributed by atoms with Gasteiger partial charge in [-0.05, 0) is 24.1 Å². The van der Waals surface area contributed by atoms with Crippen LogP contribution in [-0.2, 0) is 17.6 Å². The molecule has 0 atom stereocenters. The van der Waals surface area contributed by atoms with Gasteiger partial charge in [0.05, 0.1) is 12.1 Å². The van der Waals surface area contributed by atoms with Gasteiger partial charge in [-0.3, -0.25) is 4.79 Å². The lowest BCUT2D eigenvalue weighted by Gasteiger charge is -2.03. The largest absolute Gasteiger partial charge is 0.299 e. The van der Waals surface area contributed by atoms with Gasteiger partial charge in [0.25, 0.3) is 0 Å². The highest BCUT2D eigenvalue weighted by Crippen LogP contribution is 2.22. The van der Waals surface area contributed by atoms with Crippen molar-refractivity contribution in [3.8, 4) is 11.3 Å². The second-order valence-corrected chi connectivity index (χ2v) is 7.27. The molecule has 3 aromatic rings. The number of ketones is 1. The zero-order valence-corrected chi connectivity index (χ0v) is 15.2. The molecule has 0 unspecified atom stereocenters. The first-order chi connectivity index (χ1) is 11.1. The number of hydrogen-bond donors (Lipinski definition) is 0. The predicted octanol–water partition coefficient (Wildman–Crippen LogP) is 5.24. The molecule has 0 spiro atoms. The fraction of sp³-hybridized carbons (Fsp3) is 0.158. The second-order valence-electron chi connectivity index (χ2n) is 5.47. The van der Waals surface area contributed by atoms with Gasteiger partial charge in [0.1, 0.15) is 10.8 Å². The minimum Gasteiger partial charge on any atom is -0.299 e. The van der Waals surface area contributed by atoms with Gasteiger partial charge in [-0.2, -0.15) is 0 Å². The lowest BCUT2D eigenvalue weighted by molar-refractivity contribution is -0.117. The first-order valence-corrected chi connectivity index (χ1v) is 9.05. The van der Waals surface area contributed by atoms with E-state index in [-0.39, 0.29) is 5.78 Å². The Morgan fingerprint density at radius 1 is 1.13 bits per heavy atom. The molecule has 0 fully saturated rings. The van der Waals surface area contributed by atoms with E-state index >= 15 is 0 Å². The third-order valence-corrected chi connectivity index (χ3v) is 5.33. The predicted molar refractivity (Wildman–Crippen MR) is 98.8 cm³/mol. The Morgan fingerprint density at radius 2 is 1.91 bits per heavy atom. The Balaban J connectivity index is 1.66. The Bertz CT molecular complexity index is 826. The minimum atomic E-state index is 0.195. The van der Waals surface area contributed by atoms with E-state index in [2.05, 4.69) is 27.0 Å². The number of rotatable bonds is 5. The number of hydrogen-bond acceptors (Lipinski definition) is 3. The lowest BCUT2D eigenvalue weighted by Crippen LogP contribution is -2.06. The average Bonchev–Trinajstić information content (AvgIpc) is 3.00. The zero-order valence-electron chi connectivity index (χ0n) is 12.8. The lowest BCUT2D eigenvalue weighted by atomic mass is 10.1. The Morgan fingerprint density at radius 3 is 2.65 bits per heavy atom. The number of benzene rings is 2. The average molecular weight is 386 g/mol. The van der Waals surface area contributed by atoms with Crippen LogP contribution >= 0.6 is 27.3 Å². The molecule has 1 heterocycles. The molecule has 0 saturated carbocycles. The van der Waals surface area contributed by atoms with Gasteiger partial charge in [-0.15, -0.1) is 11.3 Å². The molecule has 2 aromatic carbocycles. The molecule has 1 aromatic heterocycles. The number of carbonyl (C=O) groups is 1. The van der Waals surface area contributed by atoms with E-state index in [1.165, 1.54) is 0 Å².